The lowest BCUT2D eigenvalue weighted by molar-refractivity contribution is -0.182. The molecule has 1 heterocycles. The van der Waals surface area contributed by atoms with Gasteiger partial charge in [0.25, 0.3) is 0 Å². The number of benzene rings is 1. The minimum absolute atomic E-state index is 0.0448. The Balaban J connectivity index is 1.74. The zero-order chi connectivity index (χ0) is 20.5. The van der Waals surface area contributed by atoms with Gasteiger partial charge in [-0.1, -0.05) is 0 Å². The Morgan fingerprint density at radius 2 is 1.71 bits per heavy atom. The summed E-state index contributed by atoms with van der Waals surface area (Å²) in [7, 11) is 0. The third-order valence-electron chi connectivity index (χ3n) is 5.71. The molecule has 3 rings (SSSR count). The highest BCUT2D eigenvalue weighted by molar-refractivity contribution is 5.98. The molecule has 1 aromatic carbocycles. The highest BCUT2D eigenvalue weighted by atomic mass is 19.4. The number of carboxylic acid groups (broad SMARTS) is 1. The molecule has 0 radical (unpaired) electrons. The Morgan fingerprint density at radius 1 is 1.11 bits per heavy atom. The minimum atomic E-state index is -4.17. The van der Waals surface area contributed by atoms with Gasteiger partial charge in [-0.25, -0.2) is 9.18 Å². The summed E-state index contributed by atoms with van der Waals surface area (Å²) < 4.78 is 51.8. The van der Waals surface area contributed by atoms with Gasteiger partial charge in [0.05, 0.1) is 28.5 Å². The first-order chi connectivity index (χ1) is 13.1. The van der Waals surface area contributed by atoms with Crippen molar-refractivity contribution in [1.82, 2.24) is 0 Å². The predicted molar refractivity (Wildman–Crippen MR) is 99.6 cm³/mol. The fraction of sp³-hybridized carbons (Fsp3) is 0.632. The fourth-order valence-electron chi connectivity index (χ4n) is 4.04. The van der Waals surface area contributed by atoms with E-state index in [0.717, 1.165) is 0 Å². The van der Waals surface area contributed by atoms with E-state index in [0.29, 0.717) is 55.8 Å². The number of nitrogens with two attached hydrogens (primary N) is 1. The van der Waals surface area contributed by atoms with Crippen molar-refractivity contribution in [2.75, 3.05) is 29.0 Å². The van der Waals surface area contributed by atoms with Crippen LogP contribution in [0.5, 0.6) is 0 Å². The van der Waals surface area contributed by atoms with E-state index in [1.807, 2.05) is 4.90 Å². The van der Waals surface area contributed by atoms with Crippen molar-refractivity contribution in [3.63, 3.8) is 0 Å². The van der Waals surface area contributed by atoms with Crippen molar-refractivity contribution < 1.29 is 27.5 Å². The molecule has 0 bridgehead atoms. The first-order valence-electron chi connectivity index (χ1n) is 9.54. The molecule has 0 unspecified atom stereocenters. The summed E-state index contributed by atoms with van der Waals surface area (Å²) in [5.41, 5.74) is 7.35. The molecule has 1 saturated carbocycles. The highest BCUT2D eigenvalue weighted by Gasteiger charge is 2.41. The van der Waals surface area contributed by atoms with Crippen molar-refractivity contribution >= 4 is 23.0 Å². The summed E-state index contributed by atoms with van der Waals surface area (Å²) in [4.78, 5) is 13.6. The molecule has 1 aliphatic carbocycles. The van der Waals surface area contributed by atoms with E-state index in [9.17, 15) is 27.5 Å². The molecule has 1 saturated heterocycles. The number of alkyl halides is 4. The number of nitrogens with one attached hydrogen (secondary N) is 1. The Kier molecular flexibility index (Phi) is 5.90. The van der Waals surface area contributed by atoms with Gasteiger partial charge < -0.3 is 21.1 Å². The van der Waals surface area contributed by atoms with Crippen LogP contribution in [-0.2, 0) is 0 Å². The molecule has 28 heavy (non-hydrogen) atoms. The lowest BCUT2D eigenvalue weighted by atomic mass is 9.85. The number of halogens is 4. The highest BCUT2D eigenvalue weighted by Crippen LogP contribution is 2.39. The van der Waals surface area contributed by atoms with E-state index in [4.69, 9.17) is 5.73 Å². The number of aromatic carboxylic acids is 1. The average molecular weight is 403 g/mol. The summed E-state index contributed by atoms with van der Waals surface area (Å²) in [6.07, 6.45) is -3.60. The number of rotatable bonds is 4. The van der Waals surface area contributed by atoms with Crippen molar-refractivity contribution in [1.29, 1.82) is 0 Å². The van der Waals surface area contributed by atoms with Crippen LogP contribution < -0.4 is 16.0 Å². The maximum atomic E-state index is 13.4. The van der Waals surface area contributed by atoms with Gasteiger partial charge in [0, 0.05) is 19.1 Å². The second kappa shape index (κ2) is 8.05. The molecule has 1 aliphatic heterocycles. The third kappa shape index (κ3) is 4.62. The van der Waals surface area contributed by atoms with Crippen molar-refractivity contribution in [3.8, 4) is 0 Å². The topological polar surface area (TPSA) is 78.6 Å². The van der Waals surface area contributed by atoms with Gasteiger partial charge in [-0.3, -0.25) is 0 Å². The van der Waals surface area contributed by atoms with Crippen LogP contribution in [0.4, 0.5) is 34.6 Å². The van der Waals surface area contributed by atoms with Crippen LogP contribution in [0.25, 0.3) is 0 Å². The number of nitrogen functional groups attached to an aromatic ring is 1. The van der Waals surface area contributed by atoms with Crippen LogP contribution in [0.1, 0.15) is 48.9 Å². The van der Waals surface area contributed by atoms with Gasteiger partial charge in [-0.15, -0.1) is 0 Å². The van der Waals surface area contributed by atoms with Gasteiger partial charge in [0.1, 0.15) is 6.17 Å². The number of nitrogens with zero attached hydrogens (tertiary/aromatic N) is 1. The minimum Gasteiger partial charge on any atom is -0.478 e. The third-order valence-corrected chi connectivity index (χ3v) is 5.71. The molecule has 0 atom stereocenters. The summed E-state index contributed by atoms with van der Waals surface area (Å²) in [6, 6.07) is 2.81. The normalized spacial score (nSPS) is 24.2. The van der Waals surface area contributed by atoms with Gasteiger partial charge in [0.15, 0.2) is 0 Å². The number of hydrogen-bond donors (Lipinski definition) is 3. The molecule has 156 valence electrons. The van der Waals surface area contributed by atoms with E-state index in [-0.39, 0.29) is 24.4 Å². The number of carboxylic acids is 1. The Morgan fingerprint density at radius 3 is 2.25 bits per heavy atom. The van der Waals surface area contributed by atoms with Crippen LogP contribution in [0.15, 0.2) is 12.1 Å². The monoisotopic (exact) mass is 403 g/mol. The van der Waals surface area contributed by atoms with Crippen molar-refractivity contribution in [2.45, 2.75) is 56.9 Å². The number of piperidine rings is 1. The Hall–Kier alpha value is -2.19. The summed E-state index contributed by atoms with van der Waals surface area (Å²) in [6.45, 7) is 0.824. The molecule has 4 N–H and O–H groups in total. The number of hydrogen-bond acceptors (Lipinski definition) is 4. The second-order valence-corrected chi connectivity index (χ2v) is 7.66. The molecule has 5 nitrogen and oxygen atoms in total. The molecule has 1 aromatic rings. The van der Waals surface area contributed by atoms with E-state index >= 15 is 0 Å². The van der Waals surface area contributed by atoms with Gasteiger partial charge >= 0.3 is 12.1 Å². The maximum Gasteiger partial charge on any atom is 0.391 e. The predicted octanol–water partition coefficient (Wildman–Crippen LogP) is 4.44. The van der Waals surface area contributed by atoms with Crippen LogP contribution in [0.2, 0.25) is 0 Å². The first kappa shape index (κ1) is 20.5. The van der Waals surface area contributed by atoms with E-state index in [1.165, 1.54) is 6.07 Å². The van der Waals surface area contributed by atoms with E-state index in [1.54, 1.807) is 6.07 Å². The van der Waals surface area contributed by atoms with E-state index in [2.05, 4.69) is 5.32 Å². The van der Waals surface area contributed by atoms with Crippen molar-refractivity contribution in [3.05, 3.63) is 17.7 Å². The van der Waals surface area contributed by atoms with Crippen LogP contribution >= 0.6 is 0 Å². The summed E-state index contributed by atoms with van der Waals surface area (Å²) in [5, 5.41) is 12.7. The fourth-order valence-corrected chi connectivity index (χ4v) is 4.04. The Labute approximate surface area is 160 Å². The van der Waals surface area contributed by atoms with Crippen LogP contribution in [0.3, 0.4) is 0 Å². The molecule has 2 aliphatic rings. The number of anilines is 3. The summed E-state index contributed by atoms with van der Waals surface area (Å²) in [5.74, 6) is -2.40. The van der Waals surface area contributed by atoms with Crippen molar-refractivity contribution in [2.24, 2.45) is 5.92 Å². The summed E-state index contributed by atoms with van der Waals surface area (Å²) >= 11 is 0. The zero-order valence-electron chi connectivity index (χ0n) is 15.4. The lowest BCUT2D eigenvalue weighted by Crippen LogP contribution is -2.35. The van der Waals surface area contributed by atoms with Gasteiger partial charge in [-0.05, 0) is 50.7 Å². The molecular formula is C19H25F4N3O2. The molecule has 9 heteroatoms. The first-order valence-corrected chi connectivity index (χ1v) is 9.54. The quantitative estimate of drug-likeness (QED) is 0.512. The van der Waals surface area contributed by atoms with Crippen LogP contribution in [-0.4, -0.2) is 42.6 Å². The molecule has 0 spiro atoms. The molecule has 0 amide bonds. The second-order valence-electron chi connectivity index (χ2n) is 7.66. The number of carbonyl (C=O) groups is 1. The standard InChI is InChI=1S/C19H25F4N3O2/c20-12-5-7-26(8-6-12)17-10-15(24)16(9-14(17)18(27)28)25-13-3-1-11(2-4-13)19(21,22)23/h9-13,25H,1-8,24H2,(H,27,28). The average Bonchev–Trinajstić information content (AvgIpc) is 2.63. The van der Waals surface area contributed by atoms with Gasteiger partial charge in [0.2, 0.25) is 0 Å². The molecular weight excluding hydrogens is 378 g/mol. The zero-order valence-corrected chi connectivity index (χ0v) is 15.4. The Bertz CT molecular complexity index is 710. The SMILES string of the molecule is Nc1cc(N2CCC(F)CC2)c(C(=O)O)cc1NC1CCC(C(F)(F)F)CC1. The van der Waals surface area contributed by atoms with Gasteiger partial charge in [-0.2, -0.15) is 13.2 Å². The van der Waals surface area contributed by atoms with E-state index < -0.39 is 24.2 Å². The van der Waals surface area contributed by atoms with Crippen LogP contribution in [0, 0.1) is 5.92 Å². The largest absolute Gasteiger partial charge is 0.478 e. The maximum absolute atomic E-state index is 13.4. The molecule has 2 fully saturated rings. The lowest BCUT2D eigenvalue weighted by Gasteiger charge is -2.33. The molecule has 0 aromatic heterocycles. The smallest absolute Gasteiger partial charge is 0.391 e.